The normalized spacial score (nSPS) is 17.1. The highest BCUT2D eigenvalue weighted by molar-refractivity contribution is 5.74. The highest BCUT2D eigenvalue weighted by Gasteiger charge is 2.19. The number of halogens is 1. The molecule has 0 amide bonds. The molecule has 0 aromatic heterocycles. The maximum atomic E-state index is 12.8. The fraction of sp³-hybridized carbons (Fsp3) is 0.462. The molecule has 1 aliphatic heterocycles. The van der Waals surface area contributed by atoms with E-state index < -0.39 is 0 Å². The maximum Gasteiger partial charge on any atom is 0.188 e. The number of rotatable bonds is 2. The van der Waals surface area contributed by atoms with Crippen LogP contribution in [0.25, 0.3) is 0 Å². The van der Waals surface area contributed by atoms with Gasteiger partial charge in [0.15, 0.2) is 5.96 Å². The van der Waals surface area contributed by atoms with Crippen molar-refractivity contribution in [3.63, 3.8) is 0 Å². The molecule has 17 heavy (non-hydrogen) atoms. The zero-order valence-electron chi connectivity index (χ0n) is 9.82. The Bertz CT molecular complexity index is 380. The van der Waals surface area contributed by atoms with Crippen LogP contribution in [0.15, 0.2) is 24.3 Å². The van der Waals surface area contributed by atoms with Crippen LogP contribution in [-0.2, 0) is 6.42 Å². The molecule has 0 unspecified atom stereocenters. The molecular weight excluding hydrogens is 217 g/mol. The van der Waals surface area contributed by atoms with Crippen molar-refractivity contribution < 1.29 is 4.39 Å². The summed E-state index contributed by atoms with van der Waals surface area (Å²) < 4.78 is 12.8. The third kappa shape index (κ3) is 3.19. The zero-order valence-corrected chi connectivity index (χ0v) is 9.82. The molecule has 3 N–H and O–H groups in total. The average molecular weight is 235 g/mol. The van der Waals surface area contributed by atoms with Gasteiger partial charge < -0.3 is 10.6 Å². The lowest BCUT2D eigenvalue weighted by Gasteiger charge is -2.32. The van der Waals surface area contributed by atoms with Crippen molar-refractivity contribution in [2.45, 2.75) is 19.3 Å². The van der Waals surface area contributed by atoms with Gasteiger partial charge in [-0.2, -0.15) is 0 Å². The first-order valence-corrected chi connectivity index (χ1v) is 5.98. The van der Waals surface area contributed by atoms with E-state index >= 15 is 0 Å². The van der Waals surface area contributed by atoms with Crippen molar-refractivity contribution in [1.29, 1.82) is 5.41 Å². The summed E-state index contributed by atoms with van der Waals surface area (Å²) >= 11 is 0. The molecule has 1 aliphatic rings. The Morgan fingerprint density at radius 1 is 1.29 bits per heavy atom. The van der Waals surface area contributed by atoms with Crippen molar-refractivity contribution in [1.82, 2.24) is 4.90 Å². The standard InChI is InChI=1S/C13H18FN3/c14-12-3-1-10(2-4-12)9-11-5-7-17(8-6-11)13(15)16/h1-4,11H,5-9H2,(H3,15,16). The lowest BCUT2D eigenvalue weighted by atomic mass is 9.90. The minimum atomic E-state index is -0.180. The average Bonchev–Trinajstić information content (AvgIpc) is 2.33. The maximum absolute atomic E-state index is 12.8. The van der Waals surface area contributed by atoms with Crippen LogP contribution in [0.5, 0.6) is 0 Å². The SMILES string of the molecule is N=C(N)N1CCC(Cc2ccc(F)cc2)CC1. The molecule has 1 fully saturated rings. The van der Waals surface area contributed by atoms with E-state index in [4.69, 9.17) is 11.1 Å². The summed E-state index contributed by atoms with van der Waals surface area (Å²) in [6.45, 7) is 1.72. The van der Waals surface area contributed by atoms with Gasteiger partial charge in [0, 0.05) is 13.1 Å². The van der Waals surface area contributed by atoms with Crippen LogP contribution in [0.3, 0.4) is 0 Å². The summed E-state index contributed by atoms with van der Waals surface area (Å²) in [5, 5.41) is 7.36. The van der Waals surface area contributed by atoms with Crippen LogP contribution >= 0.6 is 0 Å². The van der Waals surface area contributed by atoms with E-state index in [9.17, 15) is 4.39 Å². The van der Waals surface area contributed by atoms with Crippen molar-refractivity contribution in [3.05, 3.63) is 35.6 Å². The third-order valence-electron chi connectivity index (χ3n) is 3.39. The number of likely N-dealkylation sites (tertiary alicyclic amines) is 1. The minimum absolute atomic E-state index is 0.172. The molecule has 0 aliphatic carbocycles. The fourth-order valence-electron chi connectivity index (χ4n) is 2.33. The van der Waals surface area contributed by atoms with Crippen LogP contribution in [0, 0.1) is 17.1 Å². The second-order valence-electron chi connectivity index (χ2n) is 4.65. The van der Waals surface area contributed by atoms with E-state index in [1.54, 1.807) is 0 Å². The number of nitrogens with one attached hydrogen (secondary N) is 1. The molecule has 0 atom stereocenters. The summed E-state index contributed by atoms with van der Waals surface area (Å²) in [4.78, 5) is 1.90. The number of piperidine rings is 1. The molecule has 2 rings (SSSR count). The summed E-state index contributed by atoms with van der Waals surface area (Å²) in [6.07, 6.45) is 3.10. The first-order chi connectivity index (χ1) is 8.15. The van der Waals surface area contributed by atoms with Gasteiger partial charge in [-0.15, -0.1) is 0 Å². The van der Waals surface area contributed by atoms with Gasteiger partial charge in [0.05, 0.1) is 0 Å². The van der Waals surface area contributed by atoms with Gasteiger partial charge in [-0.25, -0.2) is 4.39 Å². The van der Waals surface area contributed by atoms with Crippen molar-refractivity contribution >= 4 is 5.96 Å². The first-order valence-electron chi connectivity index (χ1n) is 5.98. The Kier molecular flexibility index (Phi) is 3.61. The molecule has 1 heterocycles. The zero-order chi connectivity index (χ0) is 12.3. The number of nitrogens with zero attached hydrogens (tertiary/aromatic N) is 1. The molecule has 0 saturated carbocycles. The Labute approximate surface area is 101 Å². The molecule has 3 nitrogen and oxygen atoms in total. The Balaban J connectivity index is 1.85. The third-order valence-corrected chi connectivity index (χ3v) is 3.39. The first kappa shape index (κ1) is 11.9. The Morgan fingerprint density at radius 3 is 2.41 bits per heavy atom. The molecular formula is C13H18FN3. The number of hydrogen-bond donors (Lipinski definition) is 2. The predicted octanol–water partition coefficient (Wildman–Crippen LogP) is 1.97. The van der Waals surface area contributed by atoms with E-state index in [1.165, 1.54) is 17.7 Å². The van der Waals surface area contributed by atoms with Crippen LogP contribution in [0.1, 0.15) is 18.4 Å². The van der Waals surface area contributed by atoms with Crippen LogP contribution in [0.2, 0.25) is 0 Å². The number of hydrogen-bond acceptors (Lipinski definition) is 1. The number of guanidine groups is 1. The van der Waals surface area contributed by atoms with Gasteiger partial charge in [0.25, 0.3) is 0 Å². The molecule has 1 aromatic carbocycles. The van der Waals surface area contributed by atoms with Crippen LogP contribution < -0.4 is 5.73 Å². The summed E-state index contributed by atoms with van der Waals surface area (Å²) in [6, 6.07) is 6.74. The summed E-state index contributed by atoms with van der Waals surface area (Å²) in [5.41, 5.74) is 6.64. The molecule has 4 heteroatoms. The summed E-state index contributed by atoms with van der Waals surface area (Å²) in [7, 11) is 0. The van der Waals surface area contributed by atoms with Gasteiger partial charge >= 0.3 is 0 Å². The highest BCUT2D eigenvalue weighted by atomic mass is 19.1. The molecule has 92 valence electrons. The lowest BCUT2D eigenvalue weighted by molar-refractivity contribution is 0.262. The van der Waals surface area contributed by atoms with E-state index in [0.29, 0.717) is 5.92 Å². The Morgan fingerprint density at radius 2 is 1.88 bits per heavy atom. The Hall–Kier alpha value is -1.58. The van der Waals surface area contributed by atoms with Crippen molar-refractivity contribution in [2.75, 3.05) is 13.1 Å². The predicted molar refractivity (Wildman–Crippen MR) is 66.3 cm³/mol. The smallest absolute Gasteiger partial charge is 0.188 e. The van der Waals surface area contributed by atoms with Gasteiger partial charge in [-0.05, 0) is 42.9 Å². The monoisotopic (exact) mass is 235 g/mol. The highest BCUT2D eigenvalue weighted by Crippen LogP contribution is 2.21. The van der Waals surface area contributed by atoms with E-state index in [0.717, 1.165) is 32.4 Å². The van der Waals surface area contributed by atoms with Gasteiger partial charge in [0.2, 0.25) is 0 Å². The van der Waals surface area contributed by atoms with E-state index in [-0.39, 0.29) is 11.8 Å². The second kappa shape index (κ2) is 5.17. The van der Waals surface area contributed by atoms with Crippen LogP contribution in [-0.4, -0.2) is 23.9 Å². The van der Waals surface area contributed by atoms with E-state index in [1.807, 2.05) is 17.0 Å². The van der Waals surface area contributed by atoms with Crippen molar-refractivity contribution in [3.8, 4) is 0 Å². The fourth-order valence-corrected chi connectivity index (χ4v) is 2.33. The van der Waals surface area contributed by atoms with Crippen molar-refractivity contribution in [2.24, 2.45) is 11.7 Å². The second-order valence-corrected chi connectivity index (χ2v) is 4.65. The minimum Gasteiger partial charge on any atom is -0.370 e. The van der Waals surface area contributed by atoms with Gasteiger partial charge in [-0.1, -0.05) is 12.1 Å². The molecule has 0 bridgehead atoms. The molecule has 0 spiro atoms. The molecule has 1 aromatic rings. The number of nitrogens with two attached hydrogens (primary N) is 1. The molecule has 1 saturated heterocycles. The van der Waals surface area contributed by atoms with E-state index in [2.05, 4.69) is 0 Å². The molecule has 0 radical (unpaired) electrons. The lowest BCUT2D eigenvalue weighted by Crippen LogP contribution is -2.42. The van der Waals surface area contributed by atoms with Crippen LogP contribution in [0.4, 0.5) is 4.39 Å². The van der Waals surface area contributed by atoms with Gasteiger partial charge in [0.1, 0.15) is 5.82 Å². The quantitative estimate of drug-likeness (QED) is 0.608. The van der Waals surface area contributed by atoms with Gasteiger partial charge in [-0.3, -0.25) is 5.41 Å². The number of benzene rings is 1. The topological polar surface area (TPSA) is 53.1 Å². The summed E-state index contributed by atoms with van der Waals surface area (Å²) in [5.74, 6) is 0.612. The largest absolute Gasteiger partial charge is 0.370 e.